The van der Waals surface area contributed by atoms with Crippen molar-refractivity contribution in [2.75, 3.05) is 0 Å². The number of hydrogen-bond donors (Lipinski definition) is 0. The van der Waals surface area contributed by atoms with Crippen LogP contribution in [0.1, 0.15) is 5.56 Å². The Morgan fingerprint density at radius 3 is 1.28 bits per heavy atom. The summed E-state index contributed by atoms with van der Waals surface area (Å²) >= 11 is 0. The molecule has 0 aliphatic rings. The van der Waals surface area contributed by atoms with Crippen LogP contribution in [-0.2, 0) is 31.3 Å². The molecule has 5 heteroatoms. The van der Waals surface area contributed by atoms with Crippen LogP contribution in [0.5, 0.6) is 0 Å². The van der Waals surface area contributed by atoms with Gasteiger partial charge in [-0.25, -0.2) is 0 Å². The van der Waals surface area contributed by atoms with E-state index in [1.54, 1.807) is 5.19 Å². The van der Waals surface area contributed by atoms with Gasteiger partial charge in [-0.3, -0.25) is 0 Å². The van der Waals surface area contributed by atoms with Gasteiger partial charge in [0, 0.05) is 17.4 Å². The molecule has 0 aliphatic heterocycles. The molecule has 0 saturated carbocycles. The molecule has 0 N–H and O–H groups in total. The molecule has 18 heavy (non-hydrogen) atoms. The van der Waals surface area contributed by atoms with Crippen molar-refractivity contribution in [1.29, 1.82) is 0 Å². The van der Waals surface area contributed by atoms with Crippen molar-refractivity contribution < 1.29 is 31.3 Å². The Labute approximate surface area is 121 Å². The fraction of sp³-hybridized carbons (Fsp3) is 0.308. The molecular weight excluding hydrogens is 284 g/mol. The first-order valence-electron chi connectivity index (χ1n) is 4.68. The van der Waals surface area contributed by atoms with Crippen LogP contribution in [0.15, 0.2) is 24.3 Å². The van der Waals surface area contributed by atoms with Crippen LogP contribution in [-0.4, -0.2) is 8.07 Å². The Balaban J connectivity index is -0.000000123. The van der Waals surface area contributed by atoms with Crippen molar-refractivity contribution in [3.8, 4) is 0 Å². The van der Waals surface area contributed by atoms with E-state index in [0.717, 1.165) is 0 Å². The molecule has 0 spiro atoms. The zero-order chi connectivity index (χ0) is 14.5. The molecule has 0 fully saturated rings. The van der Waals surface area contributed by atoms with E-state index in [9.17, 15) is 0 Å². The molecule has 0 saturated heterocycles. The number of aryl methyl sites for hydroxylation is 1. The number of hydrogen-bond acceptors (Lipinski definition) is 0. The first kappa shape index (κ1) is 25.9. The summed E-state index contributed by atoms with van der Waals surface area (Å²) in [6.07, 6.45) is 0. The van der Waals surface area contributed by atoms with E-state index in [4.69, 9.17) is 14.0 Å². The van der Waals surface area contributed by atoms with Crippen molar-refractivity contribution in [2.45, 2.75) is 26.6 Å². The molecule has 1 aromatic rings. The molecule has 3 nitrogen and oxygen atoms in total. The third-order valence-corrected chi connectivity index (χ3v) is 3.98. The summed E-state index contributed by atoms with van der Waals surface area (Å²) in [6.45, 7) is 22.8. The van der Waals surface area contributed by atoms with Gasteiger partial charge in [-0.05, 0) is 6.92 Å². The maximum atomic E-state index is 7.50. The number of benzene rings is 1. The van der Waals surface area contributed by atoms with E-state index in [1.807, 2.05) is 0 Å². The maximum Gasteiger partial charge on any atom is 0 e. The predicted octanol–water partition coefficient (Wildman–Crippen LogP) is 2.43. The largest absolute Gasteiger partial charge is 0 e. The minimum absolute atomic E-state index is 0. The van der Waals surface area contributed by atoms with Crippen LogP contribution in [0, 0.1) is 26.9 Å². The van der Waals surface area contributed by atoms with Crippen molar-refractivity contribution in [1.82, 2.24) is 0 Å². The third-order valence-electron chi connectivity index (χ3n) is 1.92. The summed E-state index contributed by atoms with van der Waals surface area (Å²) in [5.74, 6) is 0. The minimum atomic E-state index is -1.06. The van der Waals surface area contributed by atoms with Crippen molar-refractivity contribution >= 4 is 13.3 Å². The second-order valence-electron chi connectivity index (χ2n) is 4.12. The van der Waals surface area contributed by atoms with Gasteiger partial charge in [0.05, 0.1) is 8.07 Å². The van der Waals surface area contributed by atoms with Crippen molar-refractivity contribution in [3.05, 3.63) is 49.8 Å². The zero-order valence-electron chi connectivity index (χ0n) is 10.9. The summed E-state index contributed by atoms with van der Waals surface area (Å²) in [4.78, 5) is 0. The smallest absolute Gasteiger partial charge is 0 e. The van der Waals surface area contributed by atoms with Crippen LogP contribution < -0.4 is 5.19 Å². The van der Waals surface area contributed by atoms with E-state index >= 15 is 0 Å². The molecule has 0 unspecified atom stereocenters. The summed E-state index contributed by atoms with van der Waals surface area (Å²) in [5.41, 5.74) is 1.35. The second kappa shape index (κ2) is 16.2. The average Bonchev–Trinajstić information content (AvgIpc) is 2.36. The molecule has 0 radical (unpaired) electrons. The molecule has 0 amide bonds. The average molecular weight is 300 g/mol. The van der Waals surface area contributed by atoms with Gasteiger partial charge < -0.3 is 0 Å². The van der Waals surface area contributed by atoms with Crippen LogP contribution in [0.25, 0.3) is 0 Å². The first-order chi connectivity index (χ1) is 8.00. The molecule has 1 rings (SSSR count). The minimum Gasteiger partial charge on any atom is 0 e. The van der Waals surface area contributed by atoms with Gasteiger partial charge in [0.15, 0.2) is 0 Å². The second-order valence-corrected chi connectivity index (χ2v) is 9.19. The molecule has 0 atom stereocenters. The van der Waals surface area contributed by atoms with Gasteiger partial charge in [0.25, 0.3) is 0 Å². The van der Waals surface area contributed by atoms with E-state index < -0.39 is 8.07 Å². The van der Waals surface area contributed by atoms with E-state index in [2.05, 4.69) is 70.8 Å². The Morgan fingerprint density at radius 1 is 0.778 bits per heavy atom. The predicted molar refractivity (Wildman–Crippen MR) is 65.9 cm³/mol. The standard InChI is InChI=1S/C10H16Si.3CO.Cr/c1-9-5-7-10(8-6-9)11(2,3)4;3*1-2;/h5-8H,1-4H3;;;;. The number of rotatable bonds is 1. The molecule has 0 aromatic heterocycles. The fourth-order valence-corrected chi connectivity index (χ4v) is 2.22. The Hall–Kier alpha value is -0.811. The van der Waals surface area contributed by atoms with Gasteiger partial charge in [0.1, 0.15) is 0 Å². The van der Waals surface area contributed by atoms with Crippen LogP contribution >= 0.6 is 0 Å². The van der Waals surface area contributed by atoms with Gasteiger partial charge >= 0.3 is 33.9 Å². The van der Waals surface area contributed by atoms with E-state index in [-0.39, 0.29) is 17.4 Å². The normalized spacial score (nSPS) is 7.44. The quantitative estimate of drug-likeness (QED) is 0.434. The summed E-state index contributed by atoms with van der Waals surface area (Å²) in [7, 11) is -1.06. The third kappa shape index (κ3) is 13.3. The van der Waals surface area contributed by atoms with Gasteiger partial charge in [-0.2, -0.15) is 0 Å². The maximum absolute atomic E-state index is 7.50. The van der Waals surface area contributed by atoms with Crippen LogP contribution in [0.3, 0.4) is 0 Å². The summed E-state index contributed by atoms with van der Waals surface area (Å²) in [5, 5.41) is 1.54. The van der Waals surface area contributed by atoms with Crippen molar-refractivity contribution in [2.24, 2.45) is 0 Å². The molecule has 0 heterocycles. The fourth-order valence-electron chi connectivity index (χ4n) is 1.05. The van der Waals surface area contributed by atoms with Gasteiger partial charge in [-0.15, -0.1) is 0 Å². The Morgan fingerprint density at radius 2 is 1.06 bits per heavy atom. The topological polar surface area (TPSA) is 59.7 Å². The molecule has 0 aliphatic carbocycles. The van der Waals surface area contributed by atoms with E-state index in [1.165, 1.54) is 5.56 Å². The zero-order valence-corrected chi connectivity index (χ0v) is 13.2. The van der Waals surface area contributed by atoms with Gasteiger partial charge in [-0.1, -0.05) is 54.7 Å². The monoisotopic (exact) mass is 300 g/mol. The summed E-state index contributed by atoms with van der Waals surface area (Å²) < 4.78 is 22.5. The molecule has 0 bridgehead atoms. The van der Waals surface area contributed by atoms with Crippen molar-refractivity contribution in [3.63, 3.8) is 0 Å². The molecule has 96 valence electrons. The Bertz CT molecular complexity index is 333. The van der Waals surface area contributed by atoms with E-state index in [0.29, 0.717) is 0 Å². The summed E-state index contributed by atoms with van der Waals surface area (Å²) in [6, 6.07) is 8.93. The van der Waals surface area contributed by atoms with Crippen LogP contribution in [0.2, 0.25) is 19.6 Å². The Kier molecular flexibility index (Phi) is 23.3. The molecule has 1 aromatic carbocycles. The first-order valence-corrected chi connectivity index (χ1v) is 8.18. The molecular formula is C13H16CrO3Si. The SMILES string of the molecule is Cc1ccc([Si](C)(C)C)cc1.[C-]#[O+].[C-]#[O+].[C-]#[O+].[Cr]. The van der Waals surface area contributed by atoms with Crippen LogP contribution in [0.4, 0.5) is 0 Å². The van der Waals surface area contributed by atoms with Gasteiger partial charge in [0.2, 0.25) is 0 Å².